The van der Waals surface area contributed by atoms with Crippen molar-refractivity contribution in [1.82, 2.24) is 0 Å². The van der Waals surface area contributed by atoms with E-state index in [-0.39, 0.29) is 16.5 Å². The average molecular weight is 1330 g/mol. The summed E-state index contributed by atoms with van der Waals surface area (Å²) in [6, 6.07) is 17.5. The Hall–Kier alpha value is -1.99. The van der Waals surface area contributed by atoms with E-state index < -0.39 is 0 Å². The average Bonchev–Trinajstić information content (AvgIpc) is 1.67. The van der Waals surface area contributed by atoms with Crippen LogP contribution in [0.1, 0.15) is 474 Å². The maximum atomic E-state index is 11.3. The van der Waals surface area contributed by atoms with Crippen LogP contribution >= 0.6 is 0 Å². The van der Waals surface area contributed by atoms with Crippen LogP contribution in [0.5, 0.6) is 0 Å². The Labute approximate surface area is 595 Å². The largest absolute Gasteiger partial charge is 2.00 e. The summed E-state index contributed by atoms with van der Waals surface area (Å²) < 4.78 is 1.43. The number of benzene rings is 2. The first-order valence-electron chi connectivity index (χ1n) is 42.2. The monoisotopic (exact) mass is 1330 g/mol. The van der Waals surface area contributed by atoms with Crippen LogP contribution in [0.15, 0.2) is 60.2 Å². The van der Waals surface area contributed by atoms with Gasteiger partial charge in [-0.1, -0.05) is 438 Å². The zero-order valence-electron chi connectivity index (χ0n) is 63.7. The molecule has 0 radical (unpaired) electrons. The van der Waals surface area contributed by atoms with Crippen molar-refractivity contribution in [2.75, 3.05) is 0 Å². The Balaban J connectivity index is 0.00000136. The summed E-state index contributed by atoms with van der Waals surface area (Å²) in [5.41, 5.74) is 19.3. The van der Waals surface area contributed by atoms with Gasteiger partial charge in [0, 0.05) is 22.8 Å². The first-order chi connectivity index (χ1) is 45.5. The molecule has 93 heavy (non-hydrogen) atoms. The van der Waals surface area contributed by atoms with Gasteiger partial charge in [0.15, 0.2) is 0 Å². The fourth-order valence-electron chi connectivity index (χ4n) is 13.8. The molecule has 0 atom stereocenters. The van der Waals surface area contributed by atoms with Gasteiger partial charge in [0.1, 0.15) is 0 Å². The van der Waals surface area contributed by atoms with E-state index in [9.17, 15) is 5.53 Å². The predicted octanol–water partition coefficient (Wildman–Crippen LogP) is 32.7. The third-order valence-corrected chi connectivity index (χ3v) is 20.2. The summed E-state index contributed by atoms with van der Waals surface area (Å²) in [7, 11) is 0. The molecule has 542 valence electrons. The molecule has 1 aliphatic heterocycles. The second-order valence-electron chi connectivity index (χ2n) is 29.2. The van der Waals surface area contributed by atoms with Crippen LogP contribution in [0, 0.1) is 13.8 Å². The van der Waals surface area contributed by atoms with Gasteiger partial charge in [0.05, 0.1) is 0 Å². The molecule has 0 aromatic heterocycles. The predicted molar refractivity (Wildman–Crippen MR) is 418 cm³/mol. The fraction of sp³-hybridized carbons (Fsp3) is 0.800. The van der Waals surface area contributed by atoms with E-state index in [0.29, 0.717) is 0 Å². The number of nitrogens with zero attached hydrogens (tertiary/aromatic N) is 2. The van der Waals surface area contributed by atoms with Crippen LogP contribution in [0.25, 0.3) is 16.9 Å². The Morgan fingerprint density at radius 1 is 0.247 bits per heavy atom. The van der Waals surface area contributed by atoms with Crippen molar-refractivity contribution in [2.45, 2.75) is 465 Å². The molecule has 0 saturated carbocycles. The van der Waals surface area contributed by atoms with Gasteiger partial charge in [-0.3, -0.25) is 0 Å². The van der Waals surface area contributed by atoms with E-state index in [0.717, 1.165) is 61.0 Å². The molecular formula is C90H162N2Ni. The van der Waals surface area contributed by atoms with Crippen LogP contribution in [0.4, 0.5) is 0 Å². The van der Waals surface area contributed by atoms with Gasteiger partial charge < -0.3 is 19.4 Å². The SMILES string of the molecule is CCCCCCC1=C(c2ccc(CCCC)cc2)[N+](=[N-])C(c2ccc(CCCC)cc2)=C1.[CH2-]CCCCCCCCCCCCCCCCCCCCCCCCCCCCC.[CH2-]CCCCCCCCCCCCCCCCCCCCCCCCCCCCC.[Ni+2]. The quantitative estimate of drug-likeness (QED) is 0.0273. The number of unbranched alkanes of at least 4 members (excludes halogenated alkanes) is 59. The number of aryl methyl sites for hydroxylation is 2. The Morgan fingerprint density at radius 2 is 0.452 bits per heavy atom. The molecule has 0 unspecified atom stereocenters. The molecule has 0 spiro atoms. The first kappa shape index (κ1) is 91.0. The molecule has 3 rings (SSSR count). The van der Waals surface area contributed by atoms with Gasteiger partial charge in [-0.05, 0) is 73.9 Å². The normalized spacial score (nSPS) is 12.1. The van der Waals surface area contributed by atoms with Gasteiger partial charge in [-0.2, -0.15) is 12.8 Å². The zero-order chi connectivity index (χ0) is 66.4. The van der Waals surface area contributed by atoms with E-state index in [1.807, 2.05) is 0 Å². The molecule has 0 saturated heterocycles. The Bertz CT molecular complexity index is 1740. The molecule has 0 N–H and O–H groups in total. The molecule has 2 aromatic carbocycles. The molecule has 0 amide bonds. The van der Waals surface area contributed by atoms with Crippen molar-refractivity contribution in [1.29, 1.82) is 0 Å². The van der Waals surface area contributed by atoms with Crippen molar-refractivity contribution >= 4 is 11.4 Å². The van der Waals surface area contributed by atoms with Crippen molar-refractivity contribution in [3.05, 3.63) is 102 Å². The standard InChI is InChI=1S/C30H40N2.2C30H61.Ni/c1-4-7-10-11-14-28-23-29(26-19-15-24(16-20-26)12-8-5-2)32(31)30(28)27-21-17-25(18-22-27)13-9-6-3;2*1-3-5-7-9-11-13-15-17-19-21-23-25-27-29-30-28-26-24-22-20-18-16-14-12-10-8-6-4-2;/h15-23H,4-14H2,1-3H3;2*1,3-30H2,2H3;/q;2*-1;+2. The summed E-state index contributed by atoms with van der Waals surface area (Å²) in [4.78, 5) is 0. The minimum absolute atomic E-state index is 0. The number of allylic oxidation sites excluding steroid dienone is 2. The van der Waals surface area contributed by atoms with Crippen molar-refractivity contribution < 1.29 is 21.2 Å². The summed E-state index contributed by atoms with van der Waals surface area (Å²) >= 11 is 0. The third-order valence-electron chi connectivity index (χ3n) is 20.2. The fourth-order valence-corrected chi connectivity index (χ4v) is 13.8. The van der Waals surface area contributed by atoms with E-state index in [1.54, 1.807) is 0 Å². The van der Waals surface area contributed by atoms with Crippen LogP contribution in [0.3, 0.4) is 0 Å². The van der Waals surface area contributed by atoms with Gasteiger partial charge in [0.25, 0.3) is 0 Å². The van der Waals surface area contributed by atoms with Crippen molar-refractivity contribution in [3.63, 3.8) is 0 Å². The van der Waals surface area contributed by atoms with E-state index >= 15 is 0 Å². The molecule has 2 aromatic rings. The molecule has 1 aliphatic rings. The Kier molecular flexibility index (Phi) is 72.7. The molecule has 3 heteroatoms. The van der Waals surface area contributed by atoms with Crippen LogP contribution in [-0.4, -0.2) is 4.70 Å². The van der Waals surface area contributed by atoms with Crippen molar-refractivity contribution in [3.8, 4) is 0 Å². The maximum Gasteiger partial charge on any atom is 2.00 e. The minimum atomic E-state index is 0. The minimum Gasteiger partial charge on any atom is -0.493 e. The van der Waals surface area contributed by atoms with Gasteiger partial charge >= 0.3 is 16.5 Å². The van der Waals surface area contributed by atoms with E-state index in [2.05, 4.69) is 103 Å². The molecule has 1 heterocycles. The van der Waals surface area contributed by atoms with Gasteiger partial charge in [-0.25, -0.2) is 4.70 Å². The summed E-state index contributed by atoms with van der Waals surface area (Å²) in [5.74, 6) is 0. The second kappa shape index (κ2) is 74.2. The van der Waals surface area contributed by atoms with Crippen LogP contribution in [0.2, 0.25) is 0 Å². The maximum absolute atomic E-state index is 11.3. The third kappa shape index (κ3) is 57.6. The van der Waals surface area contributed by atoms with E-state index in [4.69, 9.17) is 0 Å². The molecule has 0 bridgehead atoms. The van der Waals surface area contributed by atoms with Gasteiger partial charge in [0.2, 0.25) is 11.4 Å². The number of hydrogen-bond donors (Lipinski definition) is 0. The summed E-state index contributed by atoms with van der Waals surface area (Å²) in [6.45, 7) is 19.2. The zero-order valence-corrected chi connectivity index (χ0v) is 64.7. The van der Waals surface area contributed by atoms with E-state index in [1.165, 1.54) is 413 Å². The summed E-state index contributed by atoms with van der Waals surface area (Å²) in [5, 5.41) is 0. The topological polar surface area (TPSA) is 25.3 Å². The molecule has 0 aliphatic carbocycles. The first-order valence-corrected chi connectivity index (χ1v) is 42.2. The van der Waals surface area contributed by atoms with Gasteiger partial charge in [-0.15, -0.1) is 0 Å². The molecule has 0 fully saturated rings. The number of hydrogen-bond acceptors (Lipinski definition) is 0. The summed E-state index contributed by atoms with van der Waals surface area (Å²) in [6.07, 6.45) is 96.8. The second-order valence-corrected chi connectivity index (χ2v) is 29.2. The Morgan fingerprint density at radius 3 is 0.677 bits per heavy atom. The molecular weight excluding hydrogens is 1170 g/mol. The number of rotatable bonds is 67. The molecule has 2 nitrogen and oxygen atoms in total. The van der Waals surface area contributed by atoms with Crippen LogP contribution in [-0.2, 0) is 29.3 Å². The smallest absolute Gasteiger partial charge is 0.493 e. The van der Waals surface area contributed by atoms with Crippen molar-refractivity contribution in [2.24, 2.45) is 0 Å². The van der Waals surface area contributed by atoms with Crippen LogP contribution < -0.4 is 0 Å².